The van der Waals surface area contributed by atoms with Crippen LogP contribution in [0.15, 0.2) is 96.8 Å². The molecule has 1 aromatic carbocycles. The summed E-state index contributed by atoms with van der Waals surface area (Å²) in [5.41, 5.74) is 9.50. The van der Waals surface area contributed by atoms with Gasteiger partial charge in [0.2, 0.25) is 0 Å². The van der Waals surface area contributed by atoms with Crippen LogP contribution in [0.3, 0.4) is 0 Å². The van der Waals surface area contributed by atoms with Crippen molar-refractivity contribution in [1.82, 2.24) is 35.5 Å². The molecule has 0 fully saturated rings. The van der Waals surface area contributed by atoms with E-state index in [0.29, 0.717) is 0 Å². The van der Waals surface area contributed by atoms with E-state index in [4.69, 9.17) is 4.98 Å². The van der Waals surface area contributed by atoms with Crippen molar-refractivity contribution in [3.05, 3.63) is 108 Å². The van der Waals surface area contributed by atoms with Crippen molar-refractivity contribution in [2.75, 3.05) is 0 Å². The quantitative estimate of drug-likeness (QED) is 0.224. The van der Waals surface area contributed by atoms with Gasteiger partial charge in [-0.25, -0.2) is 9.97 Å². The molecule has 0 aliphatic heterocycles. The molecule has 0 unspecified atom stereocenters. The van der Waals surface area contributed by atoms with Gasteiger partial charge in [-0.05, 0) is 52.9 Å². The first-order valence-electron chi connectivity index (χ1n) is 12.4. The third-order valence-electron chi connectivity index (χ3n) is 6.57. The van der Waals surface area contributed by atoms with E-state index in [1.54, 1.807) is 11.3 Å². The van der Waals surface area contributed by atoms with Crippen LogP contribution in [0.4, 0.5) is 0 Å². The van der Waals surface area contributed by atoms with E-state index in [1.165, 1.54) is 10.4 Å². The topological polar surface area (TPSA) is 95.2 Å². The monoisotopic (exact) mass is 513 g/mol. The van der Waals surface area contributed by atoms with Crippen molar-refractivity contribution in [1.29, 1.82) is 0 Å². The Hall–Kier alpha value is -4.66. The molecule has 7 nitrogen and oxygen atoms in total. The number of aromatic nitrogens is 6. The number of pyridine rings is 3. The van der Waals surface area contributed by atoms with Crippen molar-refractivity contribution < 1.29 is 0 Å². The number of rotatable bonds is 7. The molecule has 0 bridgehead atoms. The Morgan fingerprint density at radius 1 is 0.868 bits per heavy atom. The van der Waals surface area contributed by atoms with Crippen LogP contribution in [0.2, 0.25) is 0 Å². The van der Waals surface area contributed by atoms with Gasteiger partial charge >= 0.3 is 0 Å². The van der Waals surface area contributed by atoms with Gasteiger partial charge in [-0.1, -0.05) is 36.4 Å². The minimum atomic E-state index is 0.726. The van der Waals surface area contributed by atoms with Crippen LogP contribution in [0.5, 0.6) is 0 Å². The summed E-state index contributed by atoms with van der Waals surface area (Å²) in [5, 5.41) is 14.4. The lowest BCUT2D eigenvalue weighted by Gasteiger charge is -2.07. The highest BCUT2D eigenvalue weighted by Crippen LogP contribution is 2.35. The first-order valence-corrected chi connectivity index (χ1v) is 13.3. The van der Waals surface area contributed by atoms with Crippen LogP contribution in [-0.2, 0) is 13.1 Å². The van der Waals surface area contributed by atoms with Gasteiger partial charge in [0.1, 0.15) is 16.9 Å². The Bertz CT molecular complexity index is 1850. The number of thiophene rings is 1. The molecule has 0 saturated carbocycles. The lowest BCUT2D eigenvalue weighted by Crippen LogP contribution is -2.12. The molecule has 0 radical (unpaired) electrons. The van der Waals surface area contributed by atoms with E-state index < -0.39 is 0 Å². The Morgan fingerprint density at radius 2 is 1.79 bits per heavy atom. The number of hydrogen-bond acceptors (Lipinski definition) is 6. The molecule has 0 atom stereocenters. The molecule has 6 heterocycles. The molecule has 8 heteroatoms. The lowest BCUT2D eigenvalue weighted by atomic mass is 10.1. The van der Waals surface area contributed by atoms with Crippen molar-refractivity contribution in [3.8, 4) is 33.1 Å². The van der Waals surface area contributed by atoms with Gasteiger partial charge in [-0.3, -0.25) is 10.1 Å². The Morgan fingerprint density at radius 3 is 2.68 bits per heavy atom. The van der Waals surface area contributed by atoms with E-state index in [1.807, 2.05) is 36.8 Å². The largest absolute Gasteiger partial charge is 0.338 e. The first-order chi connectivity index (χ1) is 18.8. The van der Waals surface area contributed by atoms with Gasteiger partial charge in [0.05, 0.1) is 16.9 Å². The Balaban J connectivity index is 1.20. The van der Waals surface area contributed by atoms with Crippen molar-refractivity contribution in [3.63, 3.8) is 0 Å². The van der Waals surface area contributed by atoms with Gasteiger partial charge in [0, 0.05) is 53.1 Å². The van der Waals surface area contributed by atoms with Crippen molar-refractivity contribution in [2.45, 2.75) is 13.1 Å². The van der Waals surface area contributed by atoms with Crippen LogP contribution < -0.4 is 5.32 Å². The Labute approximate surface area is 222 Å². The molecule has 0 aliphatic rings. The third-order valence-corrected chi connectivity index (χ3v) is 7.48. The maximum Gasteiger partial charge on any atom is 0.138 e. The standard InChI is InChI=1S/C30H23N7S/c1-2-5-19(6-3-1)15-31-16-20-13-21(18-32-17-20)24-8-9-25-28(34-24)29(37-36-25)26-14-23-22(27-7-4-12-38-27)10-11-33-30(23)35-26/h1-14,17-18,31H,15-16H2,(H,33,35)(H,36,37). The molecule has 38 heavy (non-hydrogen) atoms. The highest BCUT2D eigenvalue weighted by atomic mass is 32.1. The maximum absolute atomic E-state index is 5.00. The summed E-state index contributed by atoms with van der Waals surface area (Å²) < 4.78 is 0. The molecule has 6 aromatic heterocycles. The summed E-state index contributed by atoms with van der Waals surface area (Å²) in [4.78, 5) is 18.7. The van der Waals surface area contributed by atoms with E-state index in [0.717, 1.165) is 68.9 Å². The van der Waals surface area contributed by atoms with E-state index >= 15 is 0 Å². The maximum atomic E-state index is 5.00. The van der Waals surface area contributed by atoms with Crippen molar-refractivity contribution >= 4 is 33.4 Å². The van der Waals surface area contributed by atoms with Crippen molar-refractivity contribution in [2.24, 2.45) is 0 Å². The highest BCUT2D eigenvalue weighted by molar-refractivity contribution is 7.13. The van der Waals surface area contributed by atoms with E-state index in [9.17, 15) is 0 Å². The number of aromatic amines is 2. The fraction of sp³-hybridized carbons (Fsp3) is 0.0667. The summed E-state index contributed by atoms with van der Waals surface area (Å²) in [6, 6.07) is 24.9. The number of nitrogens with one attached hydrogen (secondary N) is 3. The molecule has 7 rings (SSSR count). The number of nitrogens with zero attached hydrogens (tertiary/aromatic N) is 4. The summed E-state index contributed by atoms with van der Waals surface area (Å²) in [5.74, 6) is 0. The number of H-pyrrole nitrogens is 2. The van der Waals surface area contributed by atoms with Crippen LogP contribution in [0.1, 0.15) is 11.1 Å². The van der Waals surface area contributed by atoms with E-state index in [-0.39, 0.29) is 0 Å². The van der Waals surface area contributed by atoms with Gasteiger partial charge in [-0.2, -0.15) is 5.10 Å². The second-order valence-corrected chi connectivity index (χ2v) is 10.1. The minimum Gasteiger partial charge on any atom is -0.338 e. The zero-order valence-electron chi connectivity index (χ0n) is 20.3. The summed E-state index contributed by atoms with van der Waals surface area (Å²) >= 11 is 1.72. The number of benzene rings is 1. The molecule has 0 aliphatic carbocycles. The van der Waals surface area contributed by atoms with Crippen LogP contribution in [0, 0.1) is 0 Å². The molecular formula is C30H23N7S. The zero-order chi connectivity index (χ0) is 25.3. The molecule has 0 saturated heterocycles. The smallest absolute Gasteiger partial charge is 0.138 e. The SMILES string of the molecule is c1ccc(CNCc2cncc(-c3ccc4[nH]nc(-c5cc6c(-c7cccs7)ccnc6[nH]5)c4n3)c2)cc1. The molecule has 0 spiro atoms. The molecule has 7 aromatic rings. The molecule has 3 N–H and O–H groups in total. The zero-order valence-corrected chi connectivity index (χ0v) is 21.2. The summed E-state index contributed by atoms with van der Waals surface area (Å²) in [6.07, 6.45) is 5.59. The predicted octanol–water partition coefficient (Wildman–Crippen LogP) is 6.58. The van der Waals surface area contributed by atoms with Gasteiger partial charge in [0.25, 0.3) is 0 Å². The van der Waals surface area contributed by atoms with Gasteiger partial charge in [-0.15, -0.1) is 11.3 Å². The predicted molar refractivity (Wildman–Crippen MR) is 153 cm³/mol. The fourth-order valence-electron chi connectivity index (χ4n) is 4.72. The molecule has 0 amide bonds. The lowest BCUT2D eigenvalue weighted by molar-refractivity contribution is 0.691. The second-order valence-electron chi connectivity index (χ2n) is 9.12. The number of hydrogen-bond donors (Lipinski definition) is 3. The minimum absolute atomic E-state index is 0.726. The van der Waals surface area contributed by atoms with Gasteiger partial charge in [0.15, 0.2) is 0 Å². The highest BCUT2D eigenvalue weighted by Gasteiger charge is 2.16. The average Bonchev–Trinajstić information content (AvgIpc) is 3.73. The normalized spacial score (nSPS) is 11.5. The van der Waals surface area contributed by atoms with Gasteiger partial charge < -0.3 is 10.3 Å². The fourth-order valence-corrected chi connectivity index (χ4v) is 5.49. The summed E-state index contributed by atoms with van der Waals surface area (Å²) in [6.45, 7) is 1.53. The van der Waals surface area contributed by atoms with Crippen LogP contribution in [-0.4, -0.2) is 30.1 Å². The summed E-state index contributed by atoms with van der Waals surface area (Å²) in [7, 11) is 0. The Kier molecular flexibility index (Phi) is 5.73. The molecular weight excluding hydrogens is 490 g/mol. The average molecular weight is 514 g/mol. The molecule has 184 valence electrons. The number of fused-ring (bicyclic) bond motifs is 2. The van der Waals surface area contributed by atoms with Crippen LogP contribution in [0.25, 0.3) is 55.2 Å². The second kappa shape index (κ2) is 9.66. The van der Waals surface area contributed by atoms with Crippen LogP contribution >= 0.6 is 11.3 Å². The third kappa shape index (κ3) is 4.26. The van der Waals surface area contributed by atoms with E-state index in [2.05, 4.69) is 90.4 Å². The first kappa shape index (κ1) is 22.5.